The zero-order valence-electron chi connectivity index (χ0n) is 13.2. The zero-order chi connectivity index (χ0) is 17.7. The van der Waals surface area contributed by atoms with Gasteiger partial charge in [-0.15, -0.1) is 0 Å². The number of carboxylic acids is 1. The molecular weight excluding hydrogens is 327 g/mol. The normalized spacial score (nSPS) is 15.8. The Morgan fingerprint density at radius 1 is 1.40 bits per heavy atom. The minimum atomic E-state index is -1.34. The number of nitrogens with zero attached hydrogens (tertiary/aromatic N) is 2. The summed E-state index contributed by atoms with van der Waals surface area (Å²) in [7, 11) is 0. The summed E-state index contributed by atoms with van der Waals surface area (Å²) in [6.07, 6.45) is 4.38. The molecule has 1 N–H and O–H groups in total. The van der Waals surface area contributed by atoms with Crippen LogP contribution in [0.5, 0.6) is 5.75 Å². The Labute approximate surface area is 141 Å². The van der Waals surface area contributed by atoms with Crippen LogP contribution in [0.25, 0.3) is 22.0 Å². The number of carboxylic acid groups (broad SMARTS) is 1. The van der Waals surface area contributed by atoms with Crippen LogP contribution < -0.4 is 10.2 Å². The van der Waals surface area contributed by atoms with Crippen molar-refractivity contribution in [1.82, 2.24) is 9.55 Å². The van der Waals surface area contributed by atoms with E-state index in [0.29, 0.717) is 11.1 Å². The molecule has 1 aromatic carbocycles. The molecule has 2 aromatic heterocycles. The first-order valence-corrected chi connectivity index (χ1v) is 7.67. The van der Waals surface area contributed by atoms with Crippen molar-refractivity contribution in [2.24, 2.45) is 0 Å². The molecule has 1 atom stereocenters. The van der Waals surface area contributed by atoms with E-state index in [1.807, 2.05) is 6.92 Å². The third-order valence-corrected chi connectivity index (χ3v) is 4.37. The summed E-state index contributed by atoms with van der Waals surface area (Å²) in [5.74, 6) is -1.74. The van der Waals surface area contributed by atoms with E-state index in [2.05, 4.69) is 4.98 Å². The summed E-state index contributed by atoms with van der Waals surface area (Å²) in [5.41, 5.74) is 0.0985. The van der Waals surface area contributed by atoms with Gasteiger partial charge in [-0.3, -0.25) is 9.78 Å². The quantitative estimate of drug-likeness (QED) is 0.776. The van der Waals surface area contributed by atoms with E-state index >= 15 is 0 Å². The van der Waals surface area contributed by atoms with Crippen LogP contribution in [0.3, 0.4) is 0 Å². The number of aromatic nitrogens is 2. The van der Waals surface area contributed by atoms with Crippen LogP contribution in [0.1, 0.15) is 23.3 Å². The van der Waals surface area contributed by atoms with Gasteiger partial charge >= 0.3 is 5.97 Å². The van der Waals surface area contributed by atoms with Crippen LogP contribution in [0.4, 0.5) is 4.39 Å². The minimum Gasteiger partial charge on any atom is -0.488 e. The van der Waals surface area contributed by atoms with E-state index in [1.54, 1.807) is 16.7 Å². The average molecular weight is 340 g/mol. The average Bonchev–Trinajstić information content (AvgIpc) is 2.60. The second kappa shape index (κ2) is 5.41. The van der Waals surface area contributed by atoms with E-state index in [4.69, 9.17) is 4.74 Å². The number of halogens is 1. The largest absolute Gasteiger partial charge is 0.488 e. The molecule has 7 heteroatoms. The monoisotopic (exact) mass is 340 g/mol. The summed E-state index contributed by atoms with van der Waals surface area (Å²) in [5, 5.41) is 9.27. The number of rotatable bonds is 2. The fourth-order valence-corrected chi connectivity index (χ4v) is 3.17. The van der Waals surface area contributed by atoms with Crippen molar-refractivity contribution in [3.8, 4) is 16.9 Å². The van der Waals surface area contributed by atoms with Crippen molar-refractivity contribution in [3.63, 3.8) is 0 Å². The van der Waals surface area contributed by atoms with Gasteiger partial charge in [-0.2, -0.15) is 0 Å². The smallest absolute Gasteiger partial charge is 0.341 e. The molecule has 6 nitrogen and oxygen atoms in total. The Bertz CT molecular complexity index is 1080. The van der Waals surface area contributed by atoms with Crippen LogP contribution in [0.2, 0.25) is 0 Å². The fraction of sp³-hybridized carbons (Fsp3) is 0.167. The number of carbonyl (C=O) groups is 1. The van der Waals surface area contributed by atoms with Crippen molar-refractivity contribution < 1.29 is 19.0 Å². The topological polar surface area (TPSA) is 81.4 Å². The SMILES string of the molecule is C[C@H]1COc2c(-c3ccncc3)c(F)cc3c(=O)c(C(=O)O)cn1c23. The van der Waals surface area contributed by atoms with E-state index in [9.17, 15) is 19.1 Å². The maximum atomic E-state index is 14.8. The maximum absolute atomic E-state index is 14.8. The number of hydrogen-bond donors (Lipinski definition) is 1. The number of hydrogen-bond acceptors (Lipinski definition) is 4. The lowest BCUT2D eigenvalue weighted by Gasteiger charge is -2.28. The molecule has 3 aromatic rings. The lowest BCUT2D eigenvalue weighted by molar-refractivity contribution is 0.0694. The van der Waals surface area contributed by atoms with Crippen molar-refractivity contribution in [2.75, 3.05) is 6.61 Å². The predicted octanol–water partition coefficient (Wildman–Crippen LogP) is 2.85. The summed E-state index contributed by atoms with van der Waals surface area (Å²) in [4.78, 5) is 27.8. The number of benzene rings is 1. The molecule has 0 aliphatic carbocycles. The molecule has 3 heterocycles. The first-order chi connectivity index (χ1) is 12.0. The minimum absolute atomic E-state index is 0.00300. The molecule has 1 aliphatic rings. The van der Waals surface area contributed by atoms with E-state index in [-0.39, 0.29) is 34.9 Å². The van der Waals surface area contributed by atoms with Gasteiger partial charge < -0.3 is 14.4 Å². The van der Waals surface area contributed by atoms with Crippen LogP contribution in [-0.4, -0.2) is 27.2 Å². The van der Waals surface area contributed by atoms with Gasteiger partial charge in [0, 0.05) is 18.6 Å². The molecule has 0 amide bonds. The van der Waals surface area contributed by atoms with Crippen LogP contribution in [-0.2, 0) is 0 Å². The highest BCUT2D eigenvalue weighted by atomic mass is 19.1. The first kappa shape index (κ1) is 15.3. The highest BCUT2D eigenvalue weighted by Crippen LogP contribution is 2.41. The van der Waals surface area contributed by atoms with Gasteiger partial charge in [-0.25, -0.2) is 9.18 Å². The van der Waals surface area contributed by atoms with Crippen molar-refractivity contribution in [2.45, 2.75) is 13.0 Å². The summed E-state index contributed by atoms with van der Waals surface area (Å²) < 4.78 is 22.3. The van der Waals surface area contributed by atoms with Gasteiger partial charge in [0.1, 0.15) is 18.0 Å². The van der Waals surface area contributed by atoms with Gasteiger partial charge in [0.15, 0.2) is 5.75 Å². The van der Waals surface area contributed by atoms with Crippen LogP contribution in [0, 0.1) is 5.82 Å². The number of ether oxygens (including phenoxy) is 1. The fourth-order valence-electron chi connectivity index (χ4n) is 3.17. The Kier molecular flexibility index (Phi) is 3.31. The van der Waals surface area contributed by atoms with E-state index in [0.717, 1.165) is 6.07 Å². The number of aromatic carboxylic acids is 1. The predicted molar refractivity (Wildman–Crippen MR) is 88.6 cm³/mol. The highest BCUT2D eigenvalue weighted by Gasteiger charge is 2.28. The van der Waals surface area contributed by atoms with Crippen LogP contribution in [0.15, 0.2) is 41.6 Å². The molecular formula is C18H13FN2O4. The summed E-state index contributed by atoms with van der Waals surface area (Å²) in [6, 6.07) is 4.19. The maximum Gasteiger partial charge on any atom is 0.341 e. The van der Waals surface area contributed by atoms with Gasteiger partial charge in [-0.1, -0.05) is 0 Å². The lowest BCUT2D eigenvalue weighted by atomic mass is 9.99. The molecule has 126 valence electrons. The second-order valence-corrected chi connectivity index (χ2v) is 5.94. The Morgan fingerprint density at radius 2 is 2.12 bits per heavy atom. The molecule has 25 heavy (non-hydrogen) atoms. The number of pyridine rings is 2. The van der Waals surface area contributed by atoms with Gasteiger partial charge in [0.05, 0.1) is 22.5 Å². The molecule has 0 saturated heterocycles. The standard InChI is InChI=1S/C18H13FN2O4/c1-9-8-25-17-14(10-2-4-20-5-3-10)13(19)6-11-15(17)21(9)7-12(16(11)22)18(23)24/h2-7,9H,8H2,1H3,(H,23,24)/t9-/m0/s1. The Morgan fingerprint density at radius 3 is 2.80 bits per heavy atom. The molecule has 1 aliphatic heterocycles. The zero-order valence-corrected chi connectivity index (χ0v) is 13.2. The van der Waals surface area contributed by atoms with Crippen molar-refractivity contribution in [1.29, 1.82) is 0 Å². The van der Waals surface area contributed by atoms with Gasteiger partial charge in [0.25, 0.3) is 0 Å². The molecule has 4 rings (SSSR count). The molecule has 0 radical (unpaired) electrons. The van der Waals surface area contributed by atoms with E-state index < -0.39 is 17.2 Å². The second-order valence-electron chi connectivity index (χ2n) is 5.94. The van der Waals surface area contributed by atoms with Gasteiger partial charge in [-0.05, 0) is 30.7 Å². The van der Waals surface area contributed by atoms with Crippen LogP contribution >= 0.6 is 0 Å². The lowest BCUT2D eigenvalue weighted by Crippen LogP contribution is -2.27. The molecule has 0 bridgehead atoms. The van der Waals surface area contributed by atoms with Crippen molar-refractivity contribution in [3.05, 3.63) is 58.4 Å². The van der Waals surface area contributed by atoms with Gasteiger partial charge in [0.2, 0.25) is 5.43 Å². The highest BCUT2D eigenvalue weighted by molar-refractivity contribution is 5.98. The molecule has 0 spiro atoms. The molecule has 0 unspecified atom stereocenters. The third-order valence-electron chi connectivity index (χ3n) is 4.37. The third kappa shape index (κ3) is 2.20. The Balaban J connectivity index is 2.18. The summed E-state index contributed by atoms with van der Waals surface area (Å²) in [6.45, 7) is 2.08. The summed E-state index contributed by atoms with van der Waals surface area (Å²) >= 11 is 0. The van der Waals surface area contributed by atoms with Crippen molar-refractivity contribution >= 4 is 16.9 Å². The molecule has 0 saturated carbocycles. The molecule has 0 fully saturated rings. The first-order valence-electron chi connectivity index (χ1n) is 7.67. The van der Waals surface area contributed by atoms with E-state index in [1.165, 1.54) is 18.6 Å². The Hall–Kier alpha value is -3.22.